The molecular weight excluding hydrogens is 723 g/mol. The summed E-state index contributed by atoms with van der Waals surface area (Å²) in [7, 11) is 0. The largest absolute Gasteiger partial charge is 0.310 e. The van der Waals surface area contributed by atoms with Gasteiger partial charge >= 0.3 is 0 Å². The maximum absolute atomic E-state index is 2.58. The fourth-order valence-electron chi connectivity index (χ4n) is 13.8. The van der Waals surface area contributed by atoms with Crippen LogP contribution >= 0.6 is 0 Å². The Balaban J connectivity index is 1.04. The summed E-state index contributed by atoms with van der Waals surface area (Å²) in [5, 5.41) is 0. The van der Waals surface area contributed by atoms with Crippen molar-refractivity contribution in [3.05, 3.63) is 234 Å². The van der Waals surface area contributed by atoms with E-state index >= 15 is 0 Å². The van der Waals surface area contributed by atoms with Crippen LogP contribution in [-0.2, 0) is 10.8 Å². The molecule has 14 rings (SSSR count). The second-order valence-electron chi connectivity index (χ2n) is 18.4. The molecular formula is C59H47N. The highest BCUT2D eigenvalue weighted by molar-refractivity contribution is 5.96. The molecule has 0 N–H and O–H groups in total. The average Bonchev–Trinajstić information content (AvgIpc) is 3.77. The zero-order chi connectivity index (χ0) is 39.4. The van der Waals surface area contributed by atoms with E-state index in [2.05, 4.69) is 205 Å². The molecule has 6 aliphatic rings. The number of para-hydroxylation sites is 1. The predicted molar refractivity (Wildman–Crippen MR) is 247 cm³/mol. The van der Waals surface area contributed by atoms with Gasteiger partial charge in [0.05, 0.1) is 5.41 Å². The predicted octanol–water partition coefficient (Wildman–Crippen LogP) is 14.9. The number of anilines is 3. The van der Waals surface area contributed by atoms with Crippen molar-refractivity contribution in [2.75, 3.05) is 4.90 Å². The van der Waals surface area contributed by atoms with Gasteiger partial charge in [0.1, 0.15) is 0 Å². The molecule has 8 aromatic carbocycles. The highest BCUT2D eigenvalue weighted by atomic mass is 15.1. The molecule has 4 saturated carbocycles. The minimum Gasteiger partial charge on any atom is -0.310 e. The number of rotatable bonds is 6. The van der Waals surface area contributed by atoms with Crippen LogP contribution in [0.25, 0.3) is 33.4 Å². The van der Waals surface area contributed by atoms with Crippen LogP contribution in [0.4, 0.5) is 17.1 Å². The average molecular weight is 770 g/mol. The number of hydrogen-bond acceptors (Lipinski definition) is 1. The lowest BCUT2D eigenvalue weighted by Crippen LogP contribution is -2.55. The van der Waals surface area contributed by atoms with Crippen molar-refractivity contribution in [2.24, 2.45) is 23.7 Å². The molecule has 1 heteroatoms. The first kappa shape index (κ1) is 34.4. The van der Waals surface area contributed by atoms with E-state index in [-0.39, 0.29) is 5.41 Å². The molecule has 0 aliphatic heterocycles. The third-order valence-electron chi connectivity index (χ3n) is 15.7. The molecule has 0 unspecified atom stereocenters. The Morgan fingerprint density at radius 2 is 0.850 bits per heavy atom. The summed E-state index contributed by atoms with van der Waals surface area (Å²) in [4.78, 5) is 2.51. The van der Waals surface area contributed by atoms with Crippen molar-refractivity contribution < 1.29 is 0 Å². The standard InChI is InChI=1S/C59H47N/c1-5-16-41(17-6-1)49-25-15-27-56-57(49)52-38-48(29-31-55(52)59(56)44-33-39-32-40(35-44)36-45(59)34-39)60(46-22-11-4-12-23-46)47-28-30-54-51(37-47)50-24-13-14-26-53(50)58(54,42-18-7-2-8-19-42)43-20-9-3-10-21-43/h1-31,37-40,44-45H,32-36H2. The summed E-state index contributed by atoms with van der Waals surface area (Å²) >= 11 is 0. The molecule has 0 heterocycles. The Morgan fingerprint density at radius 3 is 1.50 bits per heavy atom. The van der Waals surface area contributed by atoms with Crippen LogP contribution in [0.1, 0.15) is 65.5 Å². The van der Waals surface area contributed by atoms with Gasteiger partial charge in [0, 0.05) is 22.5 Å². The Labute approximate surface area is 354 Å². The lowest BCUT2D eigenvalue weighted by atomic mass is 9.43. The van der Waals surface area contributed by atoms with E-state index in [1.807, 2.05) is 0 Å². The fraction of sp³-hybridized carbons (Fsp3) is 0.186. The molecule has 1 nitrogen and oxygen atoms in total. The van der Waals surface area contributed by atoms with Crippen LogP contribution in [0, 0.1) is 23.7 Å². The zero-order valence-electron chi connectivity index (χ0n) is 33.8. The Bertz CT molecular complexity index is 2860. The first-order chi connectivity index (χ1) is 29.7. The van der Waals surface area contributed by atoms with Crippen molar-refractivity contribution in [1.82, 2.24) is 0 Å². The Kier molecular flexibility index (Phi) is 7.48. The Hall–Kier alpha value is -6.44. The summed E-state index contributed by atoms with van der Waals surface area (Å²) in [5.74, 6) is 3.23. The molecule has 4 fully saturated rings. The first-order valence-corrected chi connectivity index (χ1v) is 22.3. The van der Waals surface area contributed by atoms with E-state index in [1.165, 1.54) is 105 Å². The highest BCUT2D eigenvalue weighted by Gasteiger charge is 2.62. The van der Waals surface area contributed by atoms with Gasteiger partial charge in [0.25, 0.3) is 0 Å². The lowest BCUT2D eigenvalue weighted by Gasteiger charge is -2.61. The third kappa shape index (κ3) is 4.64. The summed E-state index contributed by atoms with van der Waals surface area (Å²) in [6.07, 6.45) is 6.97. The molecule has 0 aromatic heterocycles. The maximum Gasteiger partial charge on any atom is 0.0713 e. The molecule has 1 spiro atoms. The van der Waals surface area contributed by atoms with Gasteiger partial charge in [-0.15, -0.1) is 0 Å². The van der Waals surface area contributed by atoms with E-state index in [9.17, 15) is 0 Å². The second kappa shape index (κ2) is 13.0. The van der Waals surface area contributed by atoms with Crippen LogP contribution in [0.3, 0.4) is 0 Å². The molecule has 0 saturated heterocycles. The van der Waals surface area contributed by atoms with Gasteiger partial charge in [-0.2, -0.15) is 0 Å². The van der Waals surface area contributed by atoms with Crippen LogP contribution in [-0.4, -0.2) is 0 Å². The van der Waals surface area contributed by atoms with Gasteiger partial charge in [-0.05, 0) is 159 Å². The molecule has 288 valence electrons. The van der Waals surface area contributed by atoms with Crippen molar-refractivity contribution in [3.63, 3.8) is 0 Å². The topological polar surface area (TPSA) is 3.24 Å². The molecule has 0 amide bonds. The fourth-order valence-corrected chi connectivity index (χ4v) is 13.8. The highest BCUT2D eigenvalue weighted by Crippen LogP contribution is 2.70. The van der Waals surface area contributed by atoms with Gasteiger partial charge in [-0.1, -0.05) is 164 Å². The van der Waals surface area contributed by atoms with E-state index in [1.54, 1.807) is 11.1 Å². The minimum absolute atomic E-state index is 0.0917. The van der Waals surface area contributed by atoms with Crippen molar-refractivity contribution in [1.29, 1.82) is 0 Å². The molecule has 0 radical (unpaired) electrons. The quantitative estimate of drug-likeness (QED) is 0.163. The van der Waals surface area contributed by atoms with Gasteiger partial charge < -0.3 is 4.90 Å². The molecule has 4 bridgehead atoms. The van der Waals surface area contributed by atoms with Gasteiger partial charge in [-0.3, -0.25) is 0 Å². The van der Waals surface area contributed by atoms with Gasteiger partial charge in [0.15, 0.2) is 0 Å². The van der Waals surface area contributed by atoms with Crippen molar-refractivity contribution in [3.8, 4) is 33.4 Å². The van der Waals surface area contributed by atoms with Gasteiger partial charge in [0.2, 0.25) is 0 Å². The summed E-state index contributed by atoms with van der Waals surface area (Å²) in [6.45, 7) is 0. The minimum atomic E-state index is -0.428. The summed E-state index contributed by atoms with van der Waals surface area (Å²) in [5.41, 5.74) is 19.8. The monoisotopic (exact) mass is 769 g/mol. The van der Waals surface area contributed by atoms with Crippen molar-refractivity contribution in [2.45, 2.75) is 42.9 Å². The zero-order valence-corrected chi connectivity index (χ0v) is 33.8. The molecule has 8 aromatic rings. The summed E-state index contributed by atoms with van der Waals surface area (Å²) in [6, 6.07) is 75.8. The van der Waals surface area contributed by atoms with Crippen LogP contribution < -0.4 is 4.90 Å². The molecule has 0 atom stereocenters. The Morgan fingerprint density at radius 1 is 0.350 bits per heavy atom. The van der Waals surface area contributed by atoms with Crippen LogP contribution in [0.15, 0.2) is 200 Å². The summed E-state index contributed by atoms with van der Waals surface area (Å²) < 4.78 is 0. The second-order valence-corrected chi connectivity index (χ2v) is 18.4. The smallest absolute Gasteiger partial charge is 0.0713 e. The SMILES string of the molecule is c1ccc(-c2cccc3c2-c2cc(N(c4ccccc4)c4ccc5c(c4)-c4ccccc4C5(c4ccccc4)c4ccccc4)ccc2C32C3CC4CC(C3)CC2C4)cc1. The van der Waals surface area contributed by atoms with E-state index in [4.69, 9.17) is 0 Å². The van der Waals surface area contributed by atoms with Gasteiger partial charge in [-0.25, -0.2) is 0 Å². The number of fused-ring (bicyclic) bond motifs is 6. The van der Waals surface area contributed by atoms with E-state index in [0.717, 1.165) is 11.8 Å². The number of nitrogens with zero attached hydrogens (tertiary/aromatic N) is 1. The maximum atomic E-state index is 2.58. The van der Waals surface area contributed by atoms with Crippen molar-refractivity contribution >= 4 is 17.1 Å². The van der Waals surface area contributed by atoms with Crippen LogP contribution in [0.5, 0.6) is 0 Å². The number of benzene rings is 8. The van der Waals surface area contributed by atoms with E-state index < -0.39 is 5.41 Å². The lowest BCUT2D eigenvalue weighted by molar-refractivity contribution is -0.0399. The number of hydrogen-bond donors (Lipinski definition) is 0. The first-order valence-electron chi connectivity index (χ1n) is 22.3. The van der Waals surface area contributed by atoms with Crippen LogP contribution in [0.2, 0.25) is 0 Å². The molecule has 6 aliphatic carbocycles. The normalized spacial score (nSPS) is 23.2. The molecule has 60 heavy (non-hydrogen) atoms. The van der Waals surface area contributed by atoms with E-state index in [0.29, 0.717) is 11.8 Å². The third-order valence-corrected chi connectivity index (χ3v) is 15.7.